The number of hydrogen-bond acceptors (Lipinski definition) is 11. The molecule has 0 unspecified atom stereocenters. The van der Waals surface area contributed by atoms with Gasteiger partial charge < -0.3 is 50.5 Å². The van der Waals surface area contributed by atoms with E-state index in [-0.39, 0.29) is 22.8 Å². The Bertz CT molecular complexity index is 3940. The number of rotatable bonds is 6. The zero-order valence-corrected chi connectivity index (χ0v) is 37.7. The molecule has 14 heteroatoms. The highest BCUT2D eigenvalue weighted by Crippen LogP contribution is 2.56. The molecule has 12 rings (SSSR count). The van der Waals surface area contributed by atoms with Crippen LogP contribution in [0.25, 0.3) is 94.3 Å². The quantitative estimate of drug-likeness (QED) is 0.0434. The second-order valence-electron chi connectivity index (χ2n) is 18.4. The number of para-hydroxylation sites is 1. The van der Waals surface area contributed by atoms with E-state index < -0.39 is 68.3 Å². The third-order valence-electron chi connectivity index (χ3n) is 14.2. The van der Waals surface area contributed by atoms with Gasteiger partial charge in [0.05, 0.1) is 33.5 Å². The summed E-state index contributed by atoms with van der Waals surface area (Å²) in [4.78, 5) is 9.69. The van der Waals surface area contributed by atoms with E-state index in [0.717, 1.165) is 72.0 Å². The van der Waals surface area contributed by atoms with Gasteiger partial charge in [0.1, 0.15) is 13.6 Å². The number of hydrogen-bond donors (Lipinski definition) is 9. The highest BCUT2D eigenvalue weighted by atomic mass is 16.4. The first-order chi connectivity index (χ1) is 33.6. The van der Waals surface area contributed by atoms with E-state index in [1.807, 2.05) is 48.5 Å². The molecule has 0 amide bonds. The lowest BCUT2D eigenvalue weighted by molar-refractivity contribution is 0.330. The Morgan fingerprint density at radius 3 is 1.66 bits per heavy atom. The second kappa shape index (κ2) is 14.9. The molecule has 0 radical (unpaired) electrons. The minimum atomic E-state index is -1.18. The Labute approximate surface area is 399 Å². The van der Waals surface area contributed by atoms with Gasteiger partial charge in [-0.1, -0.05) is 98.8 Å². The average molecular weight is 925 g/mol. The van der Waals surface area contributed by atoms with Gasteiger partial charge in [-0.05, 0) is 92.9 Å². The van der Waals surface area contributed by atoms with Gasteiger partial charge >= 0.3 is 0 Å². The summed E-state index contributed by atoms with van der Waals surface area (Å²) in [6.07, 6.45) is 0. The zero-order valence-electron chi connectivity index (χ0n) is 37.7. The Morgan fingerprint density at radius 1 is 0.443 bits per heavy atom. The highest BCUT2D eigenvalue weighted by Gasteiger charge is 2.37. The third-order valence-corrected chi connectivity index (χ3v) is 14.2. The fraction of sp³-hybridized carbons (Fsp3) is 0.0714. The molecule has 3 aromatic heterocycles. The fourth-order valence-electron chi connectivity index (χ4n) is 10.6. The molecule has 1 aliphatic rings. The van der Waals surface area contributed by atoms with Crippen molar-refractivity contribution in [2.45, 2.75) is 25.8 Å². The number of phenolic OH excluding ortho intramolecular Hbond substituents is 9. The molecular formula is C56H41BN4O9. The van der Waals surface area contributed by atoms with Crippen molar-refractivity contribution in [1.82, 2.24) is 19.1 Å². The van der Waals surface area contributed by atoms with E-state index in [9.17, 15) is 46.0 Å². The smallest absolute Gasteiger partial charge is 0.235 e. The summed E-state index contributed by atoms with van der Waals surface area (Å²) in [6.45, 7) is 5.00. The lowest BCUT2D eigenvalue weighted by atomic mass is 9.82. The Balaban J connectivity index is 1.15. The van der Waals surface area contributed by atoms with Gasteiger partial charge in [-0.3, -0.25) is 4.57 Å². The molecule has 11 aromatic rings. The predicted octanol–water partition coefficient (Wildman–Crippen LogP) is 9.65. The van der Waals surface area contributed by atoms with Crippen LogP contribution < -0.4 is 5.46 Å². The lowest BCUT2D eigenvalue weighted by Gasteiger charge is -2.21. The summed E-state index contributed by atoms with van der Waals surface area (Å²) >= 11 is 0. The molecule has 342 valence electrons. The van der Waals surface area contributed by atoms with E-state index >= 15 is 0 Å². The molecule has 13 nitrogen and oxygen atoms in total. The molecule has 0 fully saturated rings. The van der Waals surface area contributed by atoms with Crippen molar-refractivity contribution in [3.63, 3.8) is 0 Å². The maximum atomic E-state index is 11.5. The molecule has 0 saturated heterocycles. The van der Waals surface area contributed by atoms with Crippen molar-refractivity contribution in [1.29, 1.82) is 0 Å². The summed E-state index contributed by atoms with van der Waals surface area (Å²) in [7, 11) is 1.31. The van der Waals surface area contributed by atoms with Gasteiger partial charge in [0.2, 0.25) is 28.9 Å². The SMILES string of the molecule is Bc1c(O)c(O)c(O)c(-c2cc(-c3c(O)c(O)c(O)c(O)c3O)nc(-n3c4ccc(-c5ccc6c(c5)c5ccccc5n6Cc5ccccc5)cc4c4cc5c(cc43)C(C)(C)c3ccccc3-5)n2)c1O. The van der Waals surface area contributed by atoms with Gasteiger partial charge in [0.25, 0.3) is 0 Å². The van der Waals surface area contributed by atoms with Crippen molar-refractivity contribution in [2.75, 3.05) is 0 Å². The number of benzene rings is 8. The van der Waals surface area contributed by atoms with E-state index in [1.54, 1.807) is 4.57 Å². The van der Waals surface area contributed by atoms with Gasteiger partial charge in [-0.25, -0.2) is 9.97 Å². The topological polar surface area (TPSA) is 218 Å². The van der Waals surface area contributed by atoms with Crippen LogP contribution in [0.5, 0.6) is 51.7 Å². The van der Waals surface area contributed by atoms with Crippen LogP contribution in [-0.4, -0.2) is 72.9 Å². The molecule has 8 aromatic carbocycles. The number of nitrogens with zero attached hydrogens (tertiary/aromatic N) is 4. The summed E-state index contributed by atoms with van der Waals surface area (Å²) in [6, 6.07) is 44.9. The summed E-state index contributed by atoms with van der Waals surface area (Å²) in [5.74, 6) is -9.04. The Hall–Kier alpha value is -9.30. The second-order valence-corrected chi connectivity index (χ2v) is 18.4. The standard InChI is InChI=1S/C56H41BN4O9/c1-56(2)35-14-8-6-12-29(35)31-22-34-33-21-28(27-16-18-40-32(20-27)30-13-7-9-15-39(30)60(40)25-26-10-4-3-5-11-26)17-19-41(33)61(42(34)23-36(31)56)55-58-37(43-46(62)45(57)50(66)51(67)47(43)63)24-38(59-55)44-48(64)52(68)54(70)53(69)49(44)65/h3-24,62-70H,25,57H2,1-2H3. The predicted molar refractivity (Wildman–Crippen MR) is 272 cm³/mol. The van der Waals surface area contributed by atoms with Crippen molar-refractivity contribution in [2.24, 2.45) is 0 Å². The molecule has 0 spiro atoms. The van der Waals surface area contributed by atoms with Gasteiger partial charge in [0.15, 0.2) is 23.0 Å². The number of aromatic nitrogens is 4. The minimum Gasteiger partial charge on any atom is -0.508 e. The van der Waals surface area contributed by atoms with Crippen LogP contribution in [0.3, 0.4) is 0 Å². The number of fused-ring (bicyclic) bond motifs is 9. The third kappa shape index (κ3) is 5.86. The maximum Gasteiger partial charge on any atom is 0.235 e. The molecule has 0 atom stereocenters. The summed E-state index contributed by atoms with van der Waals surface area (Å²) < 4.78 is 4.10. The van der Waals surface area contributed by atoms with Crippen LogP contribution >= 0.6 is 0 Å². The fourth-order valence-corrected chi connectivity index (χ4v) is 10.6. The summed E-state index contributed by atoms with van der Waals surface area (Å²) in [5.41, 5.74) is 8.49. The molecule has 3 heterocycles. The highest BCUT2D eigenvalue weighted by molar-refractivity contribution is 6.37. The number of aromatic hydroxyl groups is 9. The van der Waals surface area contributed by atoms with Crippen LogP contribution in [0.15, 0.2) is 133 Å². The van der Waals surface area contributed by atoms with E-state index in [2.05, 4.69) is 97.3 Å². The lowest BCUT2D eigenvalue weighted by Crippen LogP contribution is -2.15. The molecule has 9 N–H and O–H groups in total. The molecular weight excluding hydrogens is 883 g/mol. The van der Waals surface area contributed by atoms with E-state index in [1.165, 1.54) is 13.4 Å². The van der Waals surface area contributed by atoms with Crippen molar-refractivity contribution in [3.05, 3.63) is 150 Å². The average Bonchev–Trinajstić information content (AvgIpc) is 3.95. The largest absolute Gasteiger partial charge is 0.508 e. The summed E-state index contributed by atoms with van der Waals surface area (Å²) in [5, 5.41) is 102. The first-order valence-corrected chi connectivity index (χ1v) is 22.5. The van der Waals surface area contributed by atoms with Crippen LogP contribution in [0.1, 0.15) is 30.5 Å². The van der Waals surface area contributed by atoms with Gasteiger partial charge in [0, 0.05) is 44.5 Å². The van der Waals surface area contributed by atoms with E-state index in [0.29, 0.717) is 17.6 Å². The molecule has 0 aliphatic heterocycles. The Morgan fingerprint density at radius 2 is 0.971 bits per heavy atom. The van der Waals surface area contributed by atoms with Crippen LogP contribution in [-0.2, 0) is 12.0 Å². The first kappa shape index (κ1) is 42.1. The molecule has 0 bridgehead atoms. The monoisotopic (exact) mass is 924 g/mol. The van der Waals surface area contributed by atoms with Crippen LogP contribution in [0, 0.1) is 0 Å². The van der Waals surface area contributed by atoms with Crippen molar-refractivity contribution in [3.8, 4) is 102 Å². The molecule has 0 saturated carbocycles. The van der Waals surface area contributed by atoms with Crippen LogP contribution in [0.4, 0.5) is 0 Å². The number of phenols is 9. The van der Waals surface area contributed by atoms with Crippen molar-refractivity contribution >= 4 is 56.9 Å². The van der Waals surface area contributed by atoms with Gasteiger partial charge in [-0.2, -0.15) is 0 Å². The minimum absolute atomic E-state index is 0.129. The molecule has 1 aliphatic carbocycles. The first-order valence-electron chi connectivity index (χ1n) is 22.5. The van der Waals surface area contributed by atoms with E-state index in [4.69, 9.17) is 9.97 Å². The maximum absolute atomic E-state index is 11.5. The van der Waals surface area contributed by atoms with Crippen LogP contribution in [0.2, 0.25) is 0 Å². The zero-order chi connectivity index (χ0) is 48.7. The van der Waals surface area contributed by atoms with Crippen molar-refractivity contribution < 1.29 is 46.0 Å². The Kier molecular flexibility index (Phi) is 8.93. The molecule has 70 heavy (non-hydrogen) atoms. The normalized spacial score (nSPS) is 12.9. The van der Waals surface area contributed by atoms with Gasteiger partial charge in [-0.15, -0.1) is 0 Å².